The van der Waals surface area contributed by atoms with Gasteiger partial charge in [0.2, 0.25) is 0 Å². The highest BCUT2D eigenvalue weighted by molar-refractivity contribution is 6.03. The van der Waals surface area contributed by atoms with E-state index in [1.165, 1.54) is 56.0 Å². The molecule has 7 atom stereocenters. The SMILES string of the molecule is Oc1ccc(/C=C/c2c(CCc3ccc(CNC[C@@]4(c5cnc[nH]5)[C@@H]5[C@@H](O)C=C[C@@H]6CC[C@@H]7C=C[C@H](C[C@@]657)C45CCCC5)cc3)c(O)c(O)c3c(O)cccc23)cc1O. The first-order chi connectivity index (χ1) is 28.7. The largest absolute Gasteiger partial charge is 0.507 e. The lowest BCUT2D eigenvalue weighted by atomic mass is 9.34. The van der Waals surface area contributed by atoms with Crippen LogP contribution in [0.5, 0.6) is 28.7 Å². The third-order valence-corrected chi connectivity index (χ3v) is 15.6. The van der Waals surface area contributed by atoms with Gasteiger partial charge in [0.1, 0.15) is 5.75 Å². The van der Waals surface area contributed by atoms with Crippen LogP contribution in [0.3, 0.4) is 0 Å². The number of H-pyrrole nitrogens is 1. The number of imidazole rings is 1. The first-order valence-electron chi connectivity index (χ1n) is 21.4. The van der Waals surface area contributed by atoms with Gasteiger partial charge in [-0.05, 0) is 119 Å². The molecular weight excluding hydrogens is 739 g/mol. The molecule has 4 aromatic carbocycles. The number of hydrogen-bond acceptors (Lipinski definition) is 8. The van der Waals surface area contributed by atoms with E-state index < -0.39 is 6.10 Å². The Labute approximate surface area is 344 Å². The molecule has 3 fully saturated rings. The Balaban J connectivity index is 0.919. The summed E-state index contributed by atoms with van der Waals surface area (Å²) in [6.07, 6.45) is 25.8. The molecule has 0 saturated heterocycles. The van der Waals surface area contributed by atoms with Gasteiger partial charge in [0.05, 0.1) is 17.8 Å². The van der Waals surface area contributed by atoms with Crippen molar-refractivity contribution in [3.8, 4) is 28.7 Å². The summed E-state index contributed by atoms with van der Waals surface area (Å²) in [5, 5.41) is 69.9. The van der Waals surface area contributed by atoms with Crippen LogP contribution in [-0.2, 0) is 24.8 Å². The maximum atomic E-state index is 12.2. The molecule has 5 aromatic rings. The number of phenols is 5. The number of aliphatic hydroxyl groups excluding tert-OH is 1. The van der Waals surface area contributed by atoms with Crippen LogP contribution in [0.2, 0.25) is 0 Å². The predicted molar refractivity (Wildman–Crippen MR) is 229 cm³/mol. The number of nitrogens with zero attached hydrogens (tertiary/aromatic N) is 1. The number of nitrogens with one attached hydrogen (secondary N) is 2. The molecule has 2 bridgehead atoms. The van der Waals surface area contributed by atoms with Crippen LogP contribution < -0.4 is 5.32 Å². The number of benzene rings is 4. The van der Waals surface area contributed by atoms with Crippen molar-refractivity contribution in [2.24, 2.45) is 34.5 Å². The number of fused-ring (bicyclic) bond motifs is 3. The maximum absolute atomic E-state index is 12.2. The third-order valence-electron chi connectivity index (χ3n) is 15.6. The standard InChI is InChI=1S/C50H53N3O6/c54-39-20-12-31(24-42(39)57)11-18-36-37-4-3-5-40(55)44(37)46(59)45(58)38(36)19-10-30-6-8-32(9-7-30)26-51-28-50(43-27-52-29-53-43)47-41(56)21-17-34-14-13-33-15-16-35(25-49(33,34)47)48(50)22-1-2-23-48/h3-9,11-12,15-18,20-21,24,27,29,33-35,41,47,51,54-59H,1-2,10,13-14,19,22-23,25-26,28H2,(H,52,53)/b18-11+/t33-,34+,35-,41+,47-,49-,50-/m1/s1. The minimum Gasteiger partial charge on any atom is -0.507 e. The van der Waals surface area contributed by atoms with Gasteiger partial charge in [-0.3, -0.25) is 0 Å². The van der Waals surface area contributed by atoms with Crippen molar-refractivity contribution < 1.29 is 30.6 Å². The summed E-state index contributed by atoms with van der Waals surface area (Å²) in [7, 11) is 0. The average molecular weight is 792 g/mol. The van der Waals surface area contributed by atoms with Crippen molar-refractivity contribution in [3.63, 3.8) is 0 Å². The van der Waals surface area contributed by atoms with Crippen LogP contribution in [0.25, 0.3) is 22.9 Å². The van der Waals surface area contributed by atoms with Gasteiger partial charge in [0.15, 0.2) is 23.0 Å². The summed E-state index contributed by atoms with van der Waals surface area (Å²) in [5.74, 6) is 0.256. The molecule has 9 nitrogen and oxygen atoms in total. The Kier molecular flexibility index (Phi) is 9.18. The Morgan fingerprint density at radius 1 is 0.763 bits per heavy atom. The molecule has 59 heavy (non-hydrogen) atoms. The molecule has 0 radical (unpaired) electrons. The zero-order valence-electron chi connectivity index (χ0n) is 33.2. The van der Waals surface area contributed by atoms with E-state index in [0.717, 1.165) is 30.5 Å². The number of aromatic hydroxyl groups is 5. The van der Waals surface area contributed by atoms with E-state index in [1.54, 1.807) is 30.4 Å². The number of aromatic nitrogens is 2. The van der Waals surface area contributed by atoms with E-state index in [-0.39, 0.29) is 56.3 Å². The van der Waals surface area contributed by atoms with Gasteiger partial charge in [-0.25, -0.2) is 4.98 Å². The van der Waals surface area contributed by atoms with E-state index in [9.17, 15) is 30.6 Å². The van der Waals surface area contributed by atoms with Gasteiger partial charge in [-0.2, -0.15) is 0 Å². The molecule has 9 heteroatoms. The number of aryl methyl sites for hydroxylation is 1. The maximum Gasteiger partial charge on any atom is 0.169 e. The van der Waals surface area contributed by atoms with E-state index in [1.807, 2.05) is 6.33 Å². The zero-order chi connectivity index (χ0) is 40.5. The molecule has 8 N–H and O–H groups in total. The predicted octanol–water partition coefficient (Wildman–Crippen LogP) is 8.78. The minimum absolute atomic E-state index is 0.0223. The monoisotopic (exact) mass is 791 g/mol. The molecular formula is C50H53N3O6. The lowest BCUT2D eigenvalue weighted by Crippen LogP contribution is -2.71. The smallest absolute Gasteiger partial charge is 0.169 e. The summed E-state index contributed by atoms with van der Waals surface area (Å²) in [4.78, 5) is 8.26. The van der Waals surface area contributed by atoms with Gasteiger partial charge < -0.3 is 40.9 Å². The molecule has 0 unspecified atom stereocenters. The molecule has 0 aliphatic heterocycles. The Hall–Kier alpha value is -5.51. The van der Waals surface area contributed by atoms with Crippen LogP contribution in [0.4, 0.5) is 0 Å². The topological polar surface area (TPSA) is 162 Å². The third kappa shape index (κ3) is 5.68. The molecule has 304 valence electrons. The van der Waals surface area contributed by atoms with Crippen molar-refractivity contribution in [1.29, 1.82) is 0 Å². The van der Waals surface area contributed by atoms with Gasteiger partial charge in [0, 0.05) is 41.9 Å². The molecule has 5 aliphatic carbocycles. The number of hydrogen-bond donors (Lipinski definition) is 8. The summed E-state index contributed by atoms with van der Waals surface area (Å²) >= 11 is 0. The summed E-state index contributed by atoms with van der Waals surface area (Å²) in [6.45, 7) is 1.42. The molecule has 10 rings (SSSR count). The Bertz CT molecular complexity index is 2480. The average Bonchev–Trinajstić information content (AvgIpc) is 4.03. The second-order valence-electron chi connectivity index (χ2n) is 18.0. The van der Waals surface area contributed by atoms with Crippen LogP contribution in [0.15, 0.2) is 97.5 Å². The fourth-order valence-corrected chi connectivity index (χ4v) is 13.2. The fraction of sp³-hybridized carbons (Fsp3) is 0.380. The zero-order valence-corrected chi connectivity index (χ0v) is 33.2. The molecule has 1 aromatic heterocycles. The number of aromatic amines is 1. The van der Waals surface area contributed by atoms with Crippen LogP contribution in [-0.4, -0.2) is 53.3 Å². The molecule has 5 aliphatic rings. The minimum atomic E-state index is -0.520. The Morgan fingerprint density at radius 3 is 2.25 bits per heavy atom. The van der Waals surface area contributed by atoms with Gasteiger partial charge in [0.25, 0.3) is 0 Å². The Morgan fingerprint density at radius 2 is 1.51 bits per heavy atom. The van der Waals surface area contributed by atoms with Gasteiger partial charge in [-0.1, -0.05) is 91.8 Å². The quantitative estimate of drug-likeness (QED) is 0.0396. The van der Waals surface area contributed by atoms with Crippen molar-refractivity contribution >= 4 is 22.9 Å². The second-order valence-corrected chi connectivity index (χ2v) is 18.0. The van der Waals surface area contributed by atoms with E-state index in [4.69, 9.17) is 0 Å². The van der Waals surface area contributed by atoms with Crippen molar-refractivity contribution in [2.75, 3.05) is 6.54 Å². The van der Waals surface area contributed by atoms with E-state index in [0.29, 0.717) is 59.2 Å². The van der Waals surface area contributed by atoms with Crippen LogP contribution >= 0.6 is 0 Å². The number of aliphatic hydroxyl groups is 1. The normalized spacial score (nSPS) is 28.9. The highest BCUT2D eigenvalue weighted by Crippen LogP contribution is 2.76. The van der Waals surface area contributed by atoms with Gasteiger partial charge >= 0.3 is 0 Å². The number of rotatable bonds is 10. The summed E-state index contributed by atoms with van der Waals surface area (Å²) in [5.41, 5.74) is 4.94. The molecule has 0 amide bonds. The molecule has 2 spiro atoms. The molecule has 3 saturated carbocycles. The van der Waals surface area contributed by atoms with E-state index >= 15 is 0 Å². The highest BCUT2D eigenvalue weighted by atomic mass is 16.3. The fourth-order valence-electron chi connectivity index (χ4n) is 13.2. The van der Waals surface area contributed by atoms with Crippen LogP contribution in [0, 0.1) is 34.5 Å². The van der Waals surface area contributed by atoms with Crippen molar-refractivity contribution in [1.82, 2.24) is 15.3 Å². The van der Waals surface area contributed by atoms with E-state index in [2.05, 4.69) is 70.1 Å². The van der Waals surface area contributed by atoms with Crippen molar-refractivity contribution in [2.45, 2.75) is 75.9 Å². The van der Waals surface area contributed by atoms with Crippen molar-refractivity contribution in [3.05, 3.63) is 131 Å². The summed E-state index contributed by atoms with van der Waals surface area (Å²) < 4.78 is 0. The number of phenolic OH excluding ortho intramolecular Hbond substituents is 5. The lowest BCUT2D eigenvalue weighted by Gasteiger charge is -2.70. The summed E-state index contributed by atoms with van der Waals surface area (Å²) in [6, 6.07) is 18.0. The first-order valence-corrected chi connectivity index (χ1v) is 21.4. The highest BCUT2D eigenvalue weighted by Gasteiger charge is 2.74. The first kappa shape index (κ1) is 37.7. The second kappa shape index (κ2) is 14.3. The molecule has 1 heterocycles. The number of allylic oxidation sites excluding steroid dienone is 3. The van der Waals surface area contributed by atoms with Crippen LogP contribution in [0.1, 0.15) is 78.5 Å². The lowest BCUT2D eigenvalue weighted by molar-refractivity contribution is -0.172. The van der Waals surface area contributed by atoms with Gasteiger partial charge in [-0.15, -0.1) is 0 Å².